The molecule has 1 amide bonds. The lowest BCUT2D eigenvalue weighted by atomic mass is 10.1. The molecule has 2 heterocycles. The predicted molar refractivity (Wildman–Crippen MR) is 86.3 cm³/mol. The fraction of sp³-hybridized carbons (Fsp3) is 0.176. The van der Waals surface area contributed by atoms with Crippen LogP contribution in [0.5, 0.6) is 0 Å². The molecule has 0 fully saturated rings. The van der Waals surface area contributed by atoms with E-state index in [0.717, 1.165) is 27.9 Å². The van der Waals surface area contributed by atoms with Crippen molar-refractivity contribution >= 4 is 23.1 Å². The maximum atomic E-state index is 12.2. The van der Waals surface area contributed by atoms with Crippen LogP contribution < -0.4 is 5.43 Å². The van der Waals surface area contributed by atoms with E-state index in [1.54, 1.807) is 6.21 Å². The molecule has 0 spiro atoms. The summed E-state index contributed by atoms with van der Waals surface area (Å²) in [6, 6.07) is 9.54. The highest BCUT2D eigenvalue weighted by molar-refractivity contribution is 5.99. The summed E-state index contributed by atoms with van der Waals surface area (Å²) in [5.74, 6) is -0.0600. The number of hydrogen-bond donors (Lipinski definition) is 2. The van der Waals surface area contributed by atoms with E-state index in [9.17, 15) is 4.79 Å². The van der Waals surface area contributed by atoms with E-state index in [1.807, 2.05) is 51.1 Å². The molecule has 2 aromatic heterocycles. The second-order valence-electron chi connectivity index (χ2n) is 5.28. The van der Waals surface area contributed by atoms with Crippen molar-refractivity contribution in [3.63, 3.8) is 0 Å². The molecule has 0 unspecified atom stereocenters. The maximum Gasteiger partial charge on any atom is 0.307 e. The lowest BCUT2D eigenvalue weighted by Gasteiger charge is -1.97. The minimum atomic E-state index is -0.352. The highest BCUT2D eigenvalue weighted by Gasteiger charge is 2.16. The highest BCUT2D eigenvalue weighted by atomic mass is 16.3. The molecule has 0 bridgehead atoms. The van der Waals surface area contributed by atoms with Crippen LogP contribution >= 0.6 is 0 Å². The number of H-pyrrole nitrogens is 1. The number of nitrogens with one attached hydrogen (secondary N) is 2. The molecule has 0 radical (unpaired) electrons. The number of nitrogens with zero attached hydrogens (tertiary/aromatic N) is 1. The van der Waals surface area contributed by atoms with E-state index in [2.05, 4.69) is 15.5 Å². The molecule has 5 nitrogen and oxygen atoms in total. The van der Waals surface area contributed by atoms with Gasteiger partial charge in [0, 0.05) is 27.9 Å². The molecular formula is C17H17N3O2. The van der Waals surface area contributed by atoms with Gasteiger partial charge in [-0.1, -0.05) is 18.2 Å². The Labute approximate surface area is 128 Å². The summed E-state index contributed by atoms with van der Waals surface area (Å²) in [7, 11) is 0. The van der Waals surface area contributed by atoms with Crippen LogP contribution in [0.25, 0.3) is 11.0 Å². The number of furan rings is 1. The van der Waals surface area contributed by atoms with Crippen molar-refractivity contribution in [2.45, 2.75) is 20.8 Å². The zero-order chi connectivity index (χ0) is 15.7. The van der Waals surface area contributed by atoms with Crippen molar-refractivity contribution in [2.75, 3.05) is 0 Å². The number of fused-ring (bicyclic) bond motifs is 1. The van der Waals surface area contributed by atoms with Crippen molar-refractivity contribution in [3.8, 4) is 0 Å². The topological polar surface area (TPSA) is 70.4 Å². The summed E-state index contributed by atoms with van der Waals surface area (Å²) >= 11 is 0. The van der Waals surface area contributed by atoms with E-state index in [-0.39, 0.29) is 5.91 Å². The van der Waals surface area contributed by atoms with Gasteiger partial charge in [0.25, 0.3) is 0 Å². The van der Waals surface area contributed by atoms with Gasteiger partial charge in [0.1, 0.15) is 5.58 Å². The predicted octanol–water partition coefficient (Wildman–Crippen LogP) is 3.45. The number of rotatable bonds is 3. The van der Waals surface area contributed by atoms with Gasteiger partial charge in [0.15, 0.2) is 5.76 Å². The SMILES string of the molecule is Cc1cc(/C=N/NC(=O)c2oc3ccccc3c2C)c(C)[nH]1. The number of aryl methyl sites for hydroxylation is 3. The van der Waals surface area contributed by atoms with Gasteiger partial charge in [0.05, 0.1) is 6.21 Å². The molecule has 3 aromatic rings. The summed E-state index contributed by atoms with van der Waals surface area (Å²) in [6.07, 6.45) is 1.62. The number of hydrazone groups is 1. The van der Waals surface area contributed by atoms with Crippen molar-refractivity contribution < 1.29 is 9.21 Å². The molecule has 112 valence electrons. The first kappa shape index (κ1) is 14.1. The van der Waals surface area contributed by atoms with Gasteiger partial charge in [-0.05, 0) is 32.9 Å². The third-order valence-corrected chi connectivity index (χ3v) is 3.61. The molecule has 0 aliphatic rings. The quantitative estimate of drug-likeness (QED) is 0.574. The molecule has 5 heteroatoms. The third kappa shape index (κ3) is 2.53. The second kappa shape index (κ2) is 5.52. The zero-order valence-electron chi connectivity index (χ0n) is 12.7. The summed E-state index contributed by atoms with van der Waals surface area (Å²) in [4.78, 5) is 15.4. The standard InChI is InChI=1S/C17H17N3O2/c1-10-8-13(12(3)19-10)9-18-20-17(21)16-11(2)14-6-4-5-7-15(14)22-16/h4-9,19H,1-3H3,(H,20,21)/b18-9+. The molecule has 0 aliphatic carbocycles. The smallest absolute Gasteiger partial charge is 0.307 e. The zero-order valence-corrected chi connectivity index (χ0v) is 12.7. The van der Waals surface area contributed by atoms with Crippen molar-refractivity contribution in [1.29, 1.82) is 0 Å². The second-order valence-corrected chi connectivity index (χ2v) is 5.28. The number of carbonyl (C=O) groups excluding carboxylic acids is 1. The van der Waals surface area contributed by atoms with Crippen LogP contribution in [-0.4, -0.2) is 17.1 Å². The molecule has 22 heavy (non-hydrogen) atoms. The Balaban J connectivity index is 1.79. The van der Waals surface area contributed by atoms with Crippen LogP contribution in [0.3, 0.4) is 0 Å². The van der Waals surface area contributed by atoms with Crippen molar-refractivity contribution in [2.24, 2.45) is 5.10 Å². The van der Waals surface area contributed by atoms with E-state index in [4.69, 9.17) is 4.42 Å². The summed E-state index contributed by atoms with van der Waals surface area (Å²) in [6.45, 7) is 5.80. The summed E-state index contributed by atoms with van der Waals surface area (Å²) in [5.41, 5.74) is 7.03. The van der Waals surface area contributed by atoms with Crippen LogP contribution in [0.15, 0.2) is 39.9 Å². The monoisotopic (exact) mass is 295 g/mol. The first-order chi connectivity index (χ1) is 10.6. The van der Waals surface area contributed by atoms with Gasteiger partial charge in [-0.25, -0.2) is 5.43 Å². The number of benzene rings is 1. The van der Waals surface area contributed by atoms with E-state index in [1.165, 1.54) is 0 Å². The molecular weight excluding hydrogens is 278 g/mol. The Morgan fingerprint density at radius 1 is 1.27 bits per heavy atom. The number of carbonyl (C=O) groups is 1. The first-order valence-corrected chi connectivity index (χ1v) is 7.04. The Bertz CT molecular complexity index is 871. The summed E-state index contributed by atoms with van der Waals surface area (Å²) < 4.78 is 5.60. The van der Waals surface area contributed by atoms with Gasteiger partial charge in [0.2, 0.25) is 0 Å². The van der Waals surface area contributed by atoms with Gasteiger partial charge in [-0.15, -0.1) is 0 Å². The first-order valence-electron chi connectivity index (χ1n) is 7.04. The number of aromatic nitrogens is 1. The average Bonchev–Trinajstić information content (AvgIpc) is 2.99. The normalized spacial score (nSPS) is 11.4. The van der Waals surface area contributed by atoms with Crippen LogP contribution in [0.4, 0.5) is 0 Å². The number of para-hydroxylation sites is 1. The van der Waals surface area contributed by atoms with E-state index < -0.39 is 0 Å². The molecule has 0 atom stereocenters. The molecule has 1 aromatic carbocycles. The number of hydrogen-bond acceptors (Lipinski definition) is 3. The largest absolute Gasteiger partial charge is 0.451 e. The van der Waals surface area contributed by atoms with Crippen LogP contribution in [0.1, 0.15) is 33.1 Å². The highest BCUT2D eigenvalue weighted by Crippen LogP contribution is 2.24. The number of aromatic amines is 1. The molecule has 2 N–H and O–H groups in total. The fourth-order valence-electron chi connectivity index (χ4n) is 2.48. The Morgan fingerprint density at radius 2 is 2.05 bits per heavy atom. The van der Waals surface area contributed by atoms with Crippen LogP contribution in [0, 0.1) is 20.8 Å². The summed E-state index contributed by atoms with van der Waals surface area (Å²) in [5, 5.41) is 4.94. The molecule has 0 saturated heterocycles. The lowest BCUT2D eigenvalue weighted by molar-refractivity contribution is 0.0929. The lowest BCUT2D eigenvalue weighted by Crippen LogP contribution is -2.17. The number of amides is 1. The maximum absolute atomic E-state index is 12.2. The van der Waals surface area contributed by atoms with E-state index >= 15 is 0 Å². The molecule has 0 saturated carbocycles. The Kier molecular flexibility index (Phi) is 3.55. The van der Waals surface area contributed by atoms with Gasteiger partial charge < -0.3 is 9.40 Å². The fourth-order valence-corrected chi connectivity index (χ4v) is 2.48. The van der Waals surface area contributed by atoms with Crippen molar-refractivity contribution in [3.05, 3.63) is 58.6 Å². The van der Waals surface area contributed by atoms with Gasteiger partial charge in [-0.3, -0.25) is 4.79 Å². The third-order valence-electron chi connectivity index (χ3n) is 3.61. The Morgan fingerprint density at radius 3 is 2.73 bits per heavy atom. The average molecular weight is 295 g/mol. The minimum absolute atomic E-state index is 0.292. The van der Waals surface area contributed by atoms with E-state index in [0.29, 0.717) is 11.3 Å². The molecule has 0 aliphatic heterocycles. The molecule has 3 rings (SSSR count). The van der Waals surface area contributed by atoms with Gasteiger partial charge in [-0.2, -0.15) is 5.10 Å². The van der Waals surface area contributed by atoms with Crippen LogP contribution in [0.2, 0.25) is 0 Å². The van der Waals surface area contributed by atoms with Crippen molar-refractivity contribution in [1.82, 2.24) is 10.4 Å². The van der Waals surface area contributed by atoms with Crippen LogP contribution in [-0.2, 0) is 0 Å². The minimum Gasteiger partial charge on any atom is -0.451 e. The van der Waals surface area contributed by atoms with Gasteiger partial charge >= 0.3 is 5.91 Å². The Hall–Kier alpha value is -2.82.